The summed E-state index contributed by atoms with van der Waals surface area (Å²) in [5, 5.41) is 8.86. The van der Waals surface area contributed by atoms with E-state index in [1.54, 1.807) is 0 Å². The van der Waals surface area contributed by atoms with Gasteiger partial charge in [0.2, 0.25) is 0 Å². The number of nitrogen functional groups attached to an aromatic ring is 1. The molecule has 0 aliphatic carbocycles. The highest BCUT2D eigenvalue weighted by Gasteiger charge is 2.02. The normalized spacial score (nSPS) is 10.1. The quantitative estimate of drug-likeness (QED) is 0.613. The van der Waals surface area contributed by atoms with Crippen molar-refractivity contribution in [2.45, 2.75) is 6.61 Å². The molecule has 0 spiro atoms. The van der Waals surface area contributed by atoms with Gasteiger partial charge in [-0.15, -0.1) is 0 Å². The number of nitrogens with two attached hydrogens (primary N) is 1. The van der Waals surface area contributed by atoms with E-state index in [-0.39, 0.29) is 6.61 Å². The number of hydrogen-bond donors (Lipinski definition) is 2. The summed E-state index contributed by atoms with van der Waals surface area (Å²) in [6.07, 6.45) is 0. The van der Waals surface area contributed by atoms with E-state index in [1.165, 1.54) is 0 Å². The van der Waals surface area contributed by atoms with E-state index in [2.05, 4.69) is 38.5 Å². The number of benzene rings is 1. The molecule has 0 radical (unpaired) electrons. The molecule has 1 rings (SSSR count). The van der Waals surface area contributed by atoms with Gasteiger partial charge in [0.15, 0.2) is 0 Å². The monoisotopic (exact) mass is 327 g/mol. The highest BCUT2D eigenvalue weighted by atomic mass is 127. The maximum Gasteiger partial charge on any atom is 0.0702 e. The predicted octanol–water partition coefficient (Wildman–Crippen LogP) is 2.13. The zero-order chi connectivity index (χ0) is 8.43. The second-order valence-corrected chi connectivity index (χ2v) is 4.20. The maximum atomic E-state index is 8.86. The summed E-state index contributed by atoms with van der Waals surface area (Å²) >= 11 is 5.45. The van der Waals surface area contributed by atoms with E-state index in [4.69, 9.17) is 10.8 Å². The molecule has 3 N–H and O–H groups in total. The van der Waals surface area contributed by atoms with Crippen LogP contribution in [0.4, 0.5) is 5.69 Å². The van der Waals surface area contributed by atoms with Crippen LogP contribution >= 0.6 is 38.5 Å². The van der Waals surface area contributed by atoms with Gasteiger partial charge in [0, 0.05) is 13.6 Å². The lowest BCUT2D eigenvalue weighted by Gasteiger charge is -2.04. The number of aliphatic hydroxyl groups is 1. The number of rotatable bonds is 1. The molecule has 0 unspecified atom stereocenters. The van der Waals surface area contributed by atoms with Crippen molar-refractivity contribution in [3.05, 3.63) is 25.7 Å². The summed E-state index contributed by atoms with van der Waals surface area (Å²) in [5.41, 5.74) is 7.10. The van der Waals surface area contributed by atoms with Crippen molar-refractivity contribution in [1.82, 2.24) is 0 Å². The van der Waals surface area contributed by atoms with Crippen LogP contribution in [0.25, 0.3) is 0 Å². The third kappa shape index (κ3) is 2.07. The van der Waals surface area contributed by atoms with E-state index in [9.17, 15) is 0 Å². The SMILES string of the molecule is Nc1c(I)cc(Br)cc1CO. The molecule has 0 atom stereocenters. The minimum Gasteiger partial charge on any atom is -0.398 e. The Morgan fingerprint density at radius 1 is 1.55 bits per heavy atom. The maximum absolute atomic E-state index is 8.86. The molecule has 0 aliphatic rings. The summed E-state index contributed by atoms with van der Waals surface area (Å²) in [4.78, 5) is 0. The van der Waals surface area contributed by atoms with Crippen molar-refractivity contribution in [2.75, 3.05) is 5.73 Å². The molecule has 1 aromatic carbocycles. The Labute approximate surface area is 87.1 Å². The van der Waals surface area contributed by atoms with Crippen LogP contribution in [0.2, 0.25) is 0 Å². The molecular weight excluding hydrogens is 321 g/mol. The molecule has 0 saturated carbocycles. The van der Waals surface area contributed by atoms with E-state index < -0.39 is 0 Å². The Balaban J connectivity index is 3.24. The first-order chi connectivity index (χ1) is 5.15. The van der Waals surface area contributed by atoms with Gasteiger partial charge in [-0.05, 0) is 34.7 Å². The minimum absolute atomic E-state index is 0.0126. The summed E-state index contributed by atoms with van der Waals surface area (Å²) in [6.45, 7) is -0.0126. The van der Waals surface area contributed by atoms with Gasteiger partial charge in [-0.25, -0.2) is 0 Å². The number of aliphatic hydroxyl groups excluding tert-OH is 1. The first-order valence-electron chi connectivity index (χ1n) is 2.99. The molecule has 0 aromatic heterocycles. The molecule has 0 bridgehead atoms. The van der Waals surface area contributed by atoms with E-state index in [0.717, 1.165) is 13.6 Å². The lowest BCUT2D eigenvalue weighted by molar-refractivity contribution is 0.282. The molecule has 0 aliphatic heterocycles. The summed E-state index contributed by atoms with van der Waals surface area (Å²) in [6, 6.07) is 3.73. The van der Waals surface area contributed by atoms with Gasteiger partial charge < -0.3 is 10.8 Å². The van der Waals surface area contributed by atoms with Gasteiger partial charge in [-0.3, -0.25) is 0 Å². The smallest absolute Gasteiger partial charge is 0.0702 e. The number of hydrogen-bond acceptors (Lipinski definition) is 2. The molecular formula is C7H7BrINO. The van der Waals surface area contributed by atoms with Crippen molar-refractivity contribution in [3.63, 3.8) is 0 Å². The molecule has 2 nitrogen and oxygen atoms in total. The first-order valence-corrected chi connectivity index (χ1v) is 4.86. The fraction of sp³-hybridized carbons (Fsp3) is 0.143. The Morgan fingerprint density at radius 2 is 2.18 bits per heavy atom. The van der Waals surface area contributed by atoms with Gasteiger partial charge in [-0.2, -0.15) is 0 Å². The topological polar surface area (TPSA) is 46.2 Å². The first kappa shape index (κ1) is 9.28. The Morgan fingerprint density at radius 3 is 2.73 bits per heavy atom. The molecule has 11 heavy (non-hydrogen) atoms. The van der Waals surface area contributed by atoms with Crippen LogP contribution in [0.5, 0.6) is 0 Å². The summed E-state index contributed by atoms with van der Waals surface area (Å²) in [7, 11) is 0. The molecule has 4 heteroatoms. The van der Waals surface area contributed by atoms with Gasteiger partial charge in [0.25, 0.3) is 0 Å². The minimum atomic E-state index is -0.0126. The molecule has 60 valence electrons. The Bertz CT molecular complexity index is 277. The zero-order valence-corrected chi connectivity index (χ0v) is 9.39. The third-order valence-corrected chi connectivity index (χ3v) is 2.70. The lowest BCUT2D eigenvalue weighted by atomic mass is 10.2. The van der Waals surface area contributed by atoms with Crippen LogP contribution in [0.15, 0.2) is 16.6 Å². The van der Waals surface area contributed by atoms with Crippen LogP contribution < -0.4 is 5.73 Å². The standard InChI is InChI=1S/C7H7BrINO/c8-5-1-4(3-11)7(10)6(9)2-5/h1-2,11H,3,10H2. The van der Waals surface area contributed by atoms with Crippen LogP contribution in [-0.4, -0.2) is 5.11 Å². The molecule has 1 aromatic rings. The van der Waals surface area contributed by atoms with Gasteiger partial charge in [0.05, 0.1) is 12.3 Å². The van der Waals surface area contributed by atoms with Crippen molar-refractivity contribution < 1.29 is 5.11 Å². The molecule has 0 saturated heterocycles. The van der Waals surface area contributed by atoms with Crippen molar-refractivity contribution in [2.24, 2.45) is 0 Å². The van der Waals surface area contributed by atoms with Crippen LogP contribution in [-0.2, 0) is 6.61 Å². The predicted molar refractivity (Wildman–Crippen MR) is 57.2 cm³/mol. The van der Waals surface area contributed by atoms with E-state index >= 15 is 0 Å². The lowest BCUT2D eigenvalue weighted by Crippen LogP contribution is -1.96. The van der Waals surface area contributed by atoms with Crippen LogP contribution in [0.1, 0.15) is 5.56 Å². The molecule has 0 fully saturated rings. The Hall–Kier alpha value is 0.190. The third-order valence-electron chi connectivity index (χ3n) is 1.35. The molecule has 0 amide bonds. The van der Waals surface area contributed by atoms with Crippen molar-refractivity contribution >= 4 is 44.2 Å². The molecule has 0 heterocycles. The van der Waals surface area contributed by atoms with E-state index in [1.807, 2.05) is 12.1 Å². The number of halogens is 2. The van der Waals surface area contributed by atoms with Crippen LogP contribution in [0, 0.1) is 3.57 Å². The summed E-state index contributed by atoms with van der Waals surface area (Å²) < 4.78 is 1.90. The fourth-order valence-electron chi connectivity index (χ4n) is 0.769. The highest BCUT2D eigenvalue weighted by molar-refractivity contribution is 14.1. The number of anilines is 1. The van der Waals surface area contributed by atoms with Gasteiger partial charge >= 0.3 is 0 Å². The second kappa shape index (κ2) is 3.73. The average Bonchev–Trinajstić information content (AvgIpc) is 1.96. The van der Waals surface area contributed by atoms with E-state index in [0.29, 0.717) is 5.69 Å². The van der Waals surface area contributed by atoms with Crippen molar-refractivity contribution in [1.29, 1.82) is 0 Å². The Kier molecular flexibility index (Phi) is 3.15. The largest absolute Gasteiger partial charge is 0.398 e. The average molecular weight is 328 g/mol. The zero-order valence-electron chi connectivity index (χ0n) is 5.64. The van der Waals surface area contributed by atoms with Gasteiger partial charge in [-0.1, -0.05) is 15.9 Å². The van der Waals surface area contributed by atoms with Crippen LogP contribution in [0.3, 0.4) is 0 Å². The van der Waals surface area contributed by atoms with Crippen molar-refractivity contribution in [3.8, 4) is 0 Å². The fourth-order valence-corrected chi connectivity index (χ4v) is 2.38. The summed E-state index contributed by atoms with van der Waals surface area (Å²) in [5.74, 6) is 0. The van der Waals surface area contributed by atoms with Gasteiger partial charge in [0.1, 0.15) is 0 Å². The second-order valence-electron chi connectivity index (χ2n) is 2.12. The highest BCUT2D eigenvalue weighted by Crippen LogP contribution is 2.24.